The zero-order valence-electron chi connectivity index (χ0n) is 45.5. The minimum atomic E-state index is -0.402. The standard InChI is InChI=1S/C53H101N3O11S3/c1-9-12-15-18-39-68-43-46(4)42-62-33-34-63-49(57)24-31-56(32-25-51(59)65-36-38-67-53(61)48(6)45-70-41-20-17-14-11-3)29-22-28-55(27-21-26-54(7)8)30-23-50(58)64-35-37-66-52(60)47(5)44-69-40-19-16-13-10-2/h46-48H,9-45H2,1-8H3. The zero-order valence-corrected chi connectivity index (χ0v) is 47.9. The van der Waals surface area contributed by atoms with Crippen LogP contribution in [-0.2, 0) is 52.4 Å². The van der Waals surface area contributed by atoms with Crippen molar-refractivity contribution in [3.05, 3.63) is 0 Å². The number of nitrogens with zero attached hydrogens (tertiary/aromatic N) is 3. The van der Waals surface area contributed by atoms with E-state index in [2.05, 4.69) is 42.4 Å². The molecule has 412 valence electrons. The summed E-state index contributed by atoms with van der Waals surface area (Å²) < 4.78 is 32.9. The molecule has 0 rings (SSSR count). The molecule has 0 radical (unpaired) electrons. The van der Waals surface area contributed by atoms with Gasteiger partial charge < -0.3 is 43.1 Å². The summed E-state index contributed by atoms with van der Waals surface area (Å²) in [7, 11) is 4.07. The number of esters is 5. The number of carbonyl (C=O) groups excluding carboxylic acids is 5. The number of unbranched alkanes of at least 4 members (excludes halogenated alkanes) is 9. The predicted octanol–water partition coefficient (Wildman–Crippen LogP) is 9.68. The van der Waals surface area contributed by atoms with E-state index in [0.29, 0.717) is 57.6 Å². The second-order valence-corrected chi connectivity index (χ2v) is 22.3. The van der Waals surface area contributed by atoms with Crippen LogP contribution in [0, 0.1) is 17.8 Å². The van der Waals surface area contributed by atoms with Crippen LogP contribution in [0.1, 0.15) is 151 Å². The highest BCUT2D eigenvalue weighted by Crippen LogP contribution is 2.16. The molecule has 70 heavy (non-hydrogen) atoms. The largest absolute Gasteiger partial charge is 0.463 e. The summed E-state index contributed by atoms with van der Waals surface area (Å²) in [4.78, 5) is 69.8. The highest BCUT2D eigenvalue weighted by atomic mass is 32.2. The fourth-order valence-electron chi connectivity index (χ4n) is 7.02. The Labute approximate surface area is 439 Å². The third-order valence-corrected chi connectivity index (χ3v) is 15.4. The molecule has 0 spiro atoms. The van der Waals surface area contributed by atoms with Gasteiger partial charge in [-0.1, -0.05) is 99.3 Å². The van der Waals surface area contributed by atoms with Gasteiger partial charge in [0.25, 0.3) is 0 Å². The third-order valence-electron chi connectivity index (χ3n) is 11.4. The molecule has 0 heterocycles. The van der Waals surface area contributed by atoms with Crippen molar-refractivity contribution in [2.24, 2.45) is 17.8 Å². The average Bonchev–Trinajstić information content (AvgIpc) is 3.33. The number of thioether (sulfide) groups is 3. The molecular weight excluding hydrogens is 951 g/mol. The van der Waals surface area contributed by atoms with Crippen LogP contribution in [0.25, 0.3) is 0 Å². The van der Waals surface area contributed by atoms with Crippen LogP contribution in [0.5, 0.6) is 0 Å². The van der Waals surface area contributed by atoms with Gasteiger partial charge in [0.2, 0.25) is 0 Å². The van der Waals surface area contributed by atoms with Crippen LogP contribution in [0.2, 0.25) is 0 Å². The van der Waals surface area contributed by atoms with Gasteiger partial charge in [-0.05, 0) is 101 Å². The monoisotopic (exact) mass is 1050 g/mol. The van der Waals surface area contributed by atoms with Crippen LogP contribution in [0.4, 0.5) is 0 Å². The summed E-state index contributed by atoms with van der Waals surface area (Å²) in [6.45, 7) is 18.0. The first kappa shape index (κ1) is 68.2. The molecule has 3 atom stereocenters. The molecule has 0 amide bonds. The number of rotatable bonds is 51. The molecule has 0 N–H and O–H groups in total. The lowest BCUT2D eigenvalue weighted by Crippen LogP contribution is -2.35. The van der Waals surface area contributed by atoms with Gasteiger partial charge in [0.15, 0.2) is 0 Å². The number of ether oxygens (including phenoxy) is 6. The molecule has 0 saturated heterocycles. The lowest BCUT2D eigenvalue weighted by molar-refractivity contribution is -0.154. The third kappa shape index (κ3) is 44.9. The Hall–Kier alpha value is -1.76. The van der Waals surface area contributed by atoms with Crippen LogP contribution in [0.15, 0.2) is 0 Å². The maximum absolute atomic E-state index is 12.8. The number of hydrogen-bond acceptors (Lipinski definition) is 17. The van der Waals surface area contributed by atoms with Crippen molar-refractivity contribution in [3.8, 4) is 0 Å². The van der Waals surface area contributed by atoms with Crippen molar-refractivity contribution >= 4 is 65.1 Å². The van der Waals surface area contributed by atoms with E-state index in [0.717, 1.165) is 61.8 Å². The molecule has 17 heteroatoms. The molecule has 0 aromatic carbocycles. The topological polar surface area (TPSA) is 150 Å². The molecule has 0 aliphatic rings. The number of carbonyl (C=O) groups is 5. The molecule has 0 bridgehead atoms. The molecule has 0 aromatic heterocycles. The van der Waals surface area contributed by atoms with E-state index in [1.807, 2.05) is 39.7 Å². The highest BCUT2D eigenvalue weighted by molar-refractivity contribution is 7.99. The van der Waals surface area contributed by atoms with E-state index in [4.69, 9.17) is 28.4 Å². The van der Waals surface area contributed by atoms with Crippen molar-refractivity contribution in [2.45, 2.75) is 151 Å². The van der Waals surface area contributed by atoms with Crippen LogP contribution in [0.3, 0.4) is 0 Å². The second-order valence-electron chi connectivity index (χ2n) is 18.8. The van der Waals surface area contributed by atoms with Crippen molar-refractivity contribution in [3.63, 3.8) is 0 Å². The first-order valence-corrected chi connectivity index (χ1v) is 30.5. The van der Waals surface area contributed by atoms with Crippen molar-refractivity contribution in [2.75, 3.05) is 141 Å². The lowest BCUT2D eigenvalue weighted by Gasteiger charge is -2.26. The van der Waals surface area contributed by atoms with Crippen molar-refractivity contribution < 1.29 is 52.4 Å². The summed E-state index contributed by atoms with van der Waals surface area (Å²) >= 11 is 5.52. The lowest BCUT2D eigenvalue weighted by atomic mass is 10.2. The summed E-state index contributed by atoms with van der Waals surface area (Å²) in [6, 6.07) is 0. The van der Waals surface area contributed by atoms with E-state index in [9.17, 15) is 24.0 Å². The van der Waals surface area contributed by atoms with Gasteiger partial charge in [0.05, 0.1) is 44.3 Å². The van der Waals surface area contributed by atoms with Gasteiger partial charge >= 0.3 is 29.8 Å². The number of hydrogen-bond donors (Lipinski definition) is 0. The van der Waals surface area contributed by atoms with E-state index < -0.39 is 5.97 Å². The van der Waals surface area contributed by atoms with Gasteiger partial charge in [0, 0.05) is 31.1 Å². The summed E-state index contributed by atoms with van der Waals surface area (Å²) in [5.74, 6) is 4.12. The van der Waals surface area contributed by atoms with E-state index in [1.54, 1.807) is 23.5 Å². The Morgan fingerprint density at radius 2 is 0.771 bits per heavy atom. The predicted molar refractivity (Wildman–Crippen MR) is 292 cm³/mol. The van der Waals surface area contributed by atoms with Gasteiger partial charge in [-0.25, -0.2) is 0 Å². The summed E-state index contributed by atoms with van der Waals surface area (Å²) in [6.07, 6.45) is 16.9. The molecule has 3 unspecified atom stereocenters. The molecular formula is C53H101N3O11S3. The van der Waals surface area contributed by atoms with Gasteiger partial charge in [-0.3, -0.25) is 24.0 Å². The van der Waals surface area contributed by atoms with Crippen molar-refractivity contribution in [1.82, 2.24) is 14.7 Å². The van der Waals surface area contributed by atoms with Gasteiger partial charge in [0.1, 0.15) is 33.0 Å². The smallest absolute Gasteiger partial charge is 0.309 e. The Balaban J connectivity index is 5.09. The van der Waals surface area contributed by atoms with E-state index >= 15 is 0 Å². The Morgan fingerprint density at radius 3 is 1.17 bits per heavy atom. The van der Waals surface area contributed by atoms with Crippen LogP contribution >= 0.6 is 35.3 Å². The SMILES string of the molecule is CCCCCCSCC(C)COCCOC(=O)CCN(CCCN(CCCN(C)C)CCC(=O)OCCOC(=O)C(C)CSCCCCCC)CCC(=O)OCCOC(=O)C(C)CSCCCCCC. The Morgan fingerprint density at radius 1 is 0.414 bits per heavy atom. The van der Waals surface area contributed by atoms with E-state index in [1.165, 1.54) is 70.0 Å². The fourth-order valence-corrected chi connectivity index (χ4v) is 10.2. The maximum Gasteiger partial charge on any atom is 0.309 e. The second kappa shape index (κ2) is 49.5. The molecule has 0 aliphatic carbocycles. The minimum Gasteiger partial charge on any atom is -0.463 e. The highest BCUT2D eigenvalue weighted by Gasteiger charge is 2.18. The van der Waals surface area contributed by atoms with E-state index in [-0.39, 0.29) is 88.0 Å². The Bertz CT molecular complexity index is 1290. The first-order chi connectivity index (χ1) is 33.8. The van der Waals surface area contributed by atoms with Crippen LogP contribution < -0.4 is 0 Å². The summed E-state index contributed by atoms with van der Waals surface area (Å²) in [5.41, 5.74) is 0. The molecule has 0 aromatic rings. The molecule has 0 saturated carbocycles. The van der Waals surface area contributed by atoms with Crippen LogP contribution in [-0.4, -0.2) is 185 Å². The maximum atomic E-state index is 12.8. The Kier molecular flexibility index (Phi) is 48.2. The molecule has 14 nitrogen and oxygen atoms in total. The average molecular weight is 1050 g/mol. The normalized spacial score (nSPS) is 12.8. The fraction of sp³-hybridized carbons (Fsp3) is 0.906. The molecule has 0 fully saturated rings. The first-order valence-electron chi connectivity index (χ1n) is 27.0. The quantitative estimate of drug-likeness (QED) is 0.0323. The van der Waals surface area contributed by atoms with Gasteiger partial charge in [-0.15, -0.1) is 0 Å². The molecule has 0 aliphatic heterocycles. The minimum absolute atomic E-state index is 0.00887. The summed E-state index contributed by atoms with van der Waals surface area (Å²) in [5, 5.41) is 0. The zero-order chi connectivity index (χ0) is 51.9. The van der Waals surface area contributed by atoms with Gasteiger partial charge in [-0.2, -0.15) is 35.3 Å². The van der Waals surface area contributed by atoms with Crippen molar-refractivity contribution in [1.29, 1.82) is 0 Å².